The van der Waals surface area contributed by atoms with E-state index in [9.17, 15) is 5.11 Å². The smallest absolute Gasteiger partial charge is 0.135 e. The van der Waals surface area contributed by atoms with Gasteiger partial charge in [-0.3, -0.25) is 0 Å². The van der Waals surface area contributed by atoms with Gasteiger partial charge in [0.25, 0.3) is 0 Å². The van der Waals surface area contributed by atoms with Gasteiger partial charge in [-0.05, 0) is 19.1 Å². The molecule has 2 aromatic rings. The molecule has 2 unspecified atom stereocenters. The summed E-state index contributed by atoms with van der Waals surface area (Å²) in [6.45, 7) is 1.74. The van der Waals surface area contributed by atoms with Gasteiger partial charge in [0.2, 0.25) is 0 Å². The van der Waals surface area contributed by atoms with Crippen LogP contribution in [0.1, 0.15) is 18.6 Å². The molecular weight excluding hydrogens is 214 g/mol. The Kier molecular flexibility index (Phi) is 2.69. The van der Waals surface area contributed by atoms with E-state index in [1.165, 1.54) is 0 Å². The van der Waals surface area contributed by atoms with Crippen molar-refractivity contribution in [1.29, 1.82) is 0 Å². The Bertz CT molecular complexity index is 478. The first-order chi connectivity index (χ1) is 7.11. The molecular formula is C11H12ClNO2. The molecule has 80 valence electrons. The minimum absolute atomic E-state index is 0.355. The second-order valence-electron chi connectivity index (χ2n) is 3.61. The van der Waals surface area contributed by atoms with Crippen LogP contribution < -0.4 is 5.73 Å². The van der Waals surface area contributed by atoms with Gasteiger partial charge in [0.15, 0.2) is 0 Å². The Labute approximate surface area is 92.4 Å². The monoisotopic (exact) mass is 225 g/mol. The largest absolute Gasteiger partial charge is 0.464 e. The minimum Gasteiger partial charge on any atom is -0.464 e. The molecule has 0 aliphatic carbocycles. The predicted molar refractivity (Wildman–Crippen MR) is 59.8 cm³/mol. The molecule has 0 bridgehead atoms. The lowest BCUT2D eigenvalue weighted by molar-refractivity contribution is 0.153. The van der Waals surface area contributed by atoms with Gasteiger partial charge >= 0.3 is 0 Å². The number of hydrogen-bond donors (Lipinski definition) is 2. The van der Waals surface area contributed by atoms with E-state index in [0.717, 1.165) is 5.39 Å². The van der Waals surface area contributed by atoms with Gasteiger partial charge in [-0.1, -0.05) is 17.7 Å². The third-order valence-corrected chi connectivity index (χ3v) is 2.84. The second-order valence-corrected chi connectivity index (χ2v) is 3.98. The van der Waals surface area contributed by atoms with Crippen LogP contribution in [-0.4, -0.2) is 11.1 Å². The molecule has 15 heavy (non-hydrogen) atoms. The number of rotatable bonds is 2. The Morgan fingerprint density at radius 2 is 2.13 bits per heavy atom. The molecule has 0 aliphatic heterocycles. The van der Waals surface area contributed by atoms with E-state index in [4.69, 9.17) is 21.8 Å². The van der Waals surface area contributed by atoms with Crippen LogP contribution in [0.15, 0.2) is 28.9 Å². The maximum atomic E-state index is 9.84. The third-order valence-electron chi connectivity index (χ3n) is 2.42. The van der Waals surface area contributed by atoms with Crippen molar-refractivity contribution in [3.05, 3.63) is 35.0 Å². The van der Waals surface area contributed by atoms with Crippen molar-refractivity contribution in [2.45, 2.75) is 19.1 Å². The van der Waals surface area contributed by atoms with Crippen molar-refractivity contribution in [1.82, 2.24) is 0 Å². The van der Waals surface area contributed by atoms with Gasteiger partial charge in [0.05, 0.1) is 17.4 Å². The Morgan fingerprint density at radius 1 is 1.40 bits per heavy atom. The number of hydrogen-bond acceptors (Lipinski definition) is 3. The lowest BCUT2D eigenvalue weighted by Crippen LogP contribution is -2.24. The molecule has 0 amide bonds. The summed E-state index contributed by atoms with van der Waals surface area (Å²) in [5.41, 5.74) is 6.97. The molecule has 1 heterocycles. The third kappa shape index (κ3) is 1.74. The lowest BCUT2D eigenvalue weighted by atomic mass is 10.0. The summed E-state index contributed by atoms with van der Waals surface area (Å²) in [6.07, 6.45) is 0.815. The van der Waals surface area contributed by atoms with E-state index in [1.807, 2.05) is 0 Å². The number of aliphatic hydroxyl groups is 1. The average Bonchev–Trinajstić information content (AvgIpc) is 2.66. The standard InChI is InChI=1S/C11H12ClNO2/c1-6(13)11(14)8-2-3-9-7(10(8)12)4-5-15-9/h2-6,11,14H,13H2,1H3. The van der Waals surface area contributed by atoms with Crippen LogP contribution in [0.5, 0.6) is 0 Å². The van der Waals surface area contributed by atoms with Crippen molar-refractivity contribution in [2.24, 2.45) is 5.73 Å². The summed E-state index contributed by atoms with van der Waals surface area (Å²) in [7, 11) is 0. The molecule has 0 aliphatic rings. The molecule has 1 aromatic carbocycles. The summed E-state index contributed by atoms with van der Waals surface area (Å²) in [6, 6.07) is 4.94. The average molecular weight is 226 g/mol. The van der Waals surface area contributed by atoms with Gasteiger partial charge in [-0.25, -0.2) is 0 Å². The molecule has 0 fully saturated rings. The highest BCUT2D eigenvalue weighted by atomic mass is 35.5. The van der Waals surface area contributed by atoms with Crippen LogP contribution in [-0.2, 0) is 0 Å². The minimum atomic E-state index is -0.753. The quantitative estimate of drug-likeness (QED) is 0.826. The maximum Gasteiger partial charge on any atom is 0.135 e. The fourth-order valence-electron chi connectivity index (χ4n) is 1.54. The fraction of sp³-hybridized carbons (Fsp3) is 0.273. The molecule has 0 saturated carbocycles. The van der Waals surface area contributed by atoms with Crippen LogP contribution in [0.3, 0.4) is 0 Å². The van der Waals surface area contributed by atoms with Crippen LogP contribution in [0.4, 0.5) is 0 Å². The zero-order valence-corrected chi connectivity index (χ0v) is 9.03. The molecule has 0 radical (unpaired) electrons. The topological polar surface area (TPSA) is 59.4 Å². The zero-order chi connectivity index (χ0) is 11.0. The molecule has 0 saturated heterocycles. The van der Waals surface area contributed by atoms with Gasteiger partial charge in [0.1, 0.15) is 5.58 Å². The van der Waals surface area contributed by atoms with Crippen LogP contribution >= 0.6 is 11.6 Å². The molecule has 2 rings (SSSR count). The van der Waals surface area contributed by atoms with Gasteiger partial charge in [-0.2, -0.15) is 0 Å². The predicted octanol–water partition coefficient (Wildman–Crippen LogP) is 2.47. The summed E-state index contributed by atoms with van der Waals surface area (Å²) < 4.78 is 5.20. The number of benzene rings is 1. The molecule has 2 atom stereocenters. The van der Waals surface area contributed by atoms with Crippen molar-refractivity contribution < 1.29 is 9.52 Å². The Hall–Kier alpha value is -1.03. The van der Waals surface area contributed by atoms with Gasteiger partial charge in [0, 0.05) is 17.0 Å². The summed E-state index contributed by atoms with van der Waals surface area (Å²) in [5, 5.41) is 11.1. The van der Waals surface area contributed by atoms with E-state index in [-0.39, 0.29) is 6.04 Å². The van der Waals surface area contributed by atoms with Crippen LogP contribution in [0.2, 0.25) is 5.02 Å². The normalized spacial score (nSPS) is 15.5. The van der Waals surface area contributed by atoms with E-state index in [2.05, 4.69) is 0 Å². The van der Waals surface area contributed by atoms with Gasteiger partial charge in [-0.15, -0.1) is 0 Å². The SMILES string of the molecule is CC(N)C(O)c1ccc2occc2c1Cl. The van der Waals surface area contributed by atoms with Crippen molar-refractivity contribution >= 4 is 22.6 Å². The number of fused-ring (bicyclic) bond motifs is 1. The first kappa shape index (κ1) is 10.5. The highest BCUT2D eigenvalue weighted by Crippen LogP contribution is 2.32. The Balaban J connectivity index is 2.57. The first-order valence-electron chi connectivity index (χ1n) is 4.70. The summed E-state index contributed by atoms with van der Waals surface area (Å²) >= 11 is 6.15. The molecule has 1 aromatic heterocycles. The lowest BCUT2D eigenvalue weighted by Gasteiger charge is -2.16. The number of furan rings is 1. The van der Waals surface area contributed by atoms with E-state index < -0.39 is 6.10 Å². The highest BCUT2D eigenvalue weighted by molar-refractivity contribution is 6.36. The van der Waals surface area contributed by atoms with Crippen molar-refractivity contribution in [2.75, 3.05) is 0 Å². The number of nitrogens with two attached hydrogens (primary N) is 1. The zero-order valence-electron chi connectivity index (χ0n) is 8.27. The number of aliphatic hydroxyl groups excluding tert-OH is 1. The highest BCUT2D eigenvalue weighted by Gasteiger charge is 2.17. The van der Waals surface area contributed by atoms with E-state index in [0.29, 0.717) is 16.2 Å². The van der Waals surface area contributed by atoms with Crippen LogP contribution in [0.25, 0.3) is 11.0 Å². The van der Waals surface area contributed by atoms with Gasteiger partial charge < -0.3 is 15.3 Å². The summed E-state index contributed by atoms with van der Waals surface area (Å²) in [4.78, 5) is 0. The van der Waals surface area contributed by atoms with E-state index in [1.54, 1.807) is 31.4 Å². The van der Waals surface area contributed by atoms with Crippen molar-refractivity contribution in [3.63, 3.8) is 0 Å². The second kappa shape index (κ2) is 3.85. The molecule has 3 N–H and O–H groups in total. The van der Waals surface area contributed by atoms with Crippen molar-refractivity contribution in [3.8, 4) is 0 Å². The number of halogens is 1. The maximum absolute atomic E-state index is 9.84. The molecule has 4 heteroatoms. The van der Waals surface area contributed by atoms with Crippen LogP contribution in [0, 0.1) is 0 Å². The fourth-order valence-corrected chi connectivity index (χ4v) is 1.87. The first-order valence-corrected chi connectivity index (χ1v) is 5.08. The Morgan fingerprint density at radius 3 is 2.80 bits per heavy atom. The summed E-state index contributed by atoms with van der Waals surface area (Å²) in [5.74, 6) is 0. The molecule has 0 spiro atoms. The molecule has 3 nitrogen and oxygen atoms in total. The van der Waals surface area contributed by atoms with E-state index >= 15 is 0 Å².